The number of carbonyl (C=O) groups excluding carboxylic acids is 1. The molecule has 24 heavy (non-hydrogen) atoms. The van der Waals surface area contributed by atoms with Crippen molar-refractivity contribution in [3.63, 3.8) is 0 Å². The highest BCUT2D eigenvalue weighted by Crippen LogP contribution is 2.40. The zero-order valence-electron chi connectivity index (χ0n) is 15.3. The van der Waals surface area contributed by atoms with E-state index in [4.69, 9.17) is 14.2 Å². The van der Waals surface area contributed by atoms with Crippen molar-refractivity contribution in [2.75, 3.05) is 27.9 Å². The third-order valence-corrected chi connectivity index (χ3v) is 4.61. The largest absolute Gasteiger partial charge is 0.496 e. The molecule has 0 saturated heterocycles. The molecule has 0 radical (unpaired) electrons. The van der Waals surface area contributed by atoms with Gasteiger partial charge in [0.2, 0.25) is 0 Å². The van der Waals surface area contributed by atoms with Crippen LogP contribution in [0.25, 0.3) is 0 Å². The van der Waals surface area contributed by atoms with Gasteiger partial charge in [-0.3, -0.25) is 0 Å². The minimum atomic E-state index is -0.301. The highest BCUT2D eigenvalue weighted by molar-refractivity contribution is 5.69. The van der Waals surface area contributed by atoms with E-state index >= 15 is 0 Å². The Balaban J connectivity index is 2.51. The zero-order valence-corrected chi connectivity index (χ0v) is 15.3. The summed E-state index contributed by atoms with van der Waals surface area (Å²) >= 11 is 0. The topological polar surface area (TPSA) is 60.0 Å². The maximum absolute atomic E-state index is 12.1. The number of benzene rings is 1. The molecule has 6 heteroatoms. The van der Waals surface area contributed by atoms with E-state index in [1.807, 2.05) is 6.07 Å². The molecule has 0 fully saturated rings. The molecule has 1 aromatic rings. The summed E-state index contributed by atoms with van der Waals surface area (Å²) in [5, 5.41) is 3.34. The van der Waals surface area contributed by atoms with E-state index in [0.717, 1.165) is 54.1 Å². The van der Waals surface area contributed by atoms with Gasteiger partial charge < -0.3 is 24.4 Å². The summed E-state index contributed by atoms with van der Waals surface area (Å²) in [6.07, 6.45) is 1.29. The number of rotatable bonds is 6. The van der Waals surface area contributed by atoms with Crippen LogP contribution in [0.2, 0.25) is 0 Å². The summed E-state index contributed by atoms with van der Waals surface area (Å²) in [4.78, 5) is 13.9. The lowest BCUT2D eigenvalue weighted by molar-refractivity contribution is 0.0939. The molecule has 6 nitrogen and oxygen atoms in total. The van der Waals surface area contributed by atoms with Gasteiger partial charge in [-0.25, -0.2) is 4.79 Å². The molecule has 0 bridgehead atoms. The molecule has 1 aliphatic heterocycles. The maximum atomic E-state index is 12.1. The van der Waals surface area contributed by atoms with Gasteiger partial charge in [-0.1, -0.05) is 13.8 Å². The summed E-state index contributed by atoms with van der Waals surface area (Å²) in [6, 6.07) is 2.10. The van der Waals surface area contributed by atoms with Gasteiger partial charge in [0.05, 0.1) is 27.9 Å². The normalized spacial score (nSPS) is 16.5. The second kappa shape index (κ2) is 8.24. The van der Waals surface area contributed by atoms with Gasteiger partial charge in [-0.2, -0.15) is 0 Å². The first-order valence-corrected chi connectivity index (χ1v) is 8.42. The quantitative estimate of drug-likeness (QED) is 0.865. The fourth-order valence-corrected chi connectivity index (χ4v) is 3.35. The first-order valence-electron chi connectivity index (χ1n) is 8.42. The number of ether oxygens (including phenoxy) is 3. The number of nitrogens with zero attached hydrogens (tertiary/aromatic N) is 1. The van der Waals surface area contributed by atoms with E-state index in [1.54, 1.807) is 19.1 Å². The average molecular weight is 336 g/mol. The Bertz CT molecular complexity index is 589. The number of hydrogen-bond donors (Lipinski definition) is 1. The van der Waals surface area contributed by atoms with Crippen molar-refractivity contribution in [2.45, 2.75) is 45.8 Å². The molecule has 1 unspecified atom stereocenters. The summed E-state index contributed by atoms with van der Waals surface area (Å²) in [5.74, 6) is 1.69. The minimum Gasteiger partial charge on any atom is -0.496 e. The van der Waals surface area contributed by atoms with Crippen LogP contribution in [0.4, 0.5) is 4.79 Å². The van der Waals surface area contributed by atoms with Crippen molar-refractivity contribution in [1.29, 1.82) is 0 Å². The van der Waals surface area contributed by atoms with Gasteiger partial charge in [0.1, 0.15) is 11.5 Å². The lowest BCUT2D eigenvalue weighted by Gasteiger charge is -2.37. The lowest BCUT2D eigenvalue weighted by atomic mass is 9.89. The Hall–Kier alpha value is -1.95. The molecule has 0 saturated carbocycles. The van der Waals surface area contributed by atoms with Gasteiger partial charge >= 0.3 is 6.09 Å². The van der Waals surface area contributed by atoms with Crippen LogP contribution in [0, 0.1) is 0 Å². The predicted octanol–water partition coefficient (Wildman–Crippen LogP) is 2.72. The molecule has 1 aliphatic rings. The Morgan fingerprint density at radius 3 is 2.54 bits per heavy atom. The number of nitrogens with one attached hydrogen (secondary N) is 1. The lowest BCUT2D eigenvalue weighted by Crippen LogP contribution is -2.44. The van der Waals surface area contributed by atoms with Crippen LogP contribution in [0.1, 0.15) is 37.0 Å². The summed E-state index contributed by atoms with van der Waals surface area (Å²) in [7, 11) is 4.78. The van der Waals surface area contributed by atoms with E-state index in [9.17, 15) is 4.79 Å². The van der Waals surface area contributed by atoms with Crippen molar-refractivity contribution in [2.24, 2.45) is 0 Å². The Labute approximate surface area is 144 Å². The van der Waals surface area contributed by atoms with Gasteiger partial charge in [-0.05, 0) is 25.5 Å². The molecule has 1 aromatic carbocycles. The van der Waals surface area contributed by atoms with Gasteiger partial charge in [0.15, 0.2) is 0 Å². The molecule has 134 valence electrons. The second-order valence-corrected chi connectivity index (χ2v) is 5.87. The molecule has 0 spiro atoms. The van der Waals surface area contributed by atoms with Crippen LogP contribution in [-0.4, -0.2) is 44.9 Å². The molecule has 2 rings (SSSR count). The molecular formula is C18H28N2O4. The standard InChI is InChI=1S/C18H28N2O4/c1-6-13-9-14-15(11-20(13)18(21)24-5)16(22-3)8-12(10-19-7-2)17(14)23-4/h8,13,19H,6-7,9-11H2,1-5H3. The van der Waals surface area contributed by atoms with Crippen LogP contribution in [-0.2, 0) is 24.2 Å². The Morgan fingerprint density at radius 2 is 2.00 bits per heavy atom. The third-order valence-electron chi connectivity index (χ3n) is 4.61. The first-order chi connectivity index (χ1) is 11.6. The van der Waals surface area contributed by atoms with E-state index in [0.29, 0.717) is 6.54 Å². The van der Waals surface area contributed by atoms with Gasteiger partial charge in [0.25, 0.3) is 0 Å². The van der Waals surface area contributed by atoms with Crippen LogP contribution in [0.3, 0.4) is 0 Å². The van der Waals surface area contributed by atoms with Crippen molar-refractivity contribution < 1.29 is 19.0 Å². The van der Waals surface area contributed by atoms with E-state index in [1.165, 1.54) is 7.11 Å². The molecule has 1 amide bonds. The second-order valence-electron chi connectivity index (χ2n) is 5.87. The Morgan fingerprint density at radius 1 is 1.25 bits per heavy atom. The number of methoxy groups -OCH3 is 3. The van der Waals surface area contributed by atoms with Crippen molar-refractivity contribution in [1.82, 2.24) is 10.2 Å². The predicted molar refractivity (Wildman–Crippen MR) is 92.7 cm³/mol. The van der Waals surface area contributed by atoms with E-state index < -0.39 is 0 Å². The van der Waals surface area contributed by atoms with Crippen LogP contribution < -0.4 is 14.8 Å². The minimum absolute atomic E-state index is 0.0953. The number of hydrogen-bond acceptors (Lipinski definition) is 5. The van der Waals surface area contributed by atoms with Crippen LogP contribution in [0.15, 0.2) is 6.07 Å². The molecule has 1 atom stereocenters. The fourth-order valence-electron chi connectivity index (χ4n) is 3.35. The first kappa shape index (κ1) is 18.4. The average Bonchev–Trinajstić information content (AvgIpc) is 2.63. The fraction of sp³-hybridized carbons (Fsp3) is 0.611. The van der Waals surface area contributed by atoms with Crippen molar-refractivity contribution in [3.05, 3.63) is 22.8 Å². The van der Waals surface area contributed by atoms with E-state index in [-0.39, 0.29) is 12.1 Å². The summed E-state index contributed by atoms with van der Waals surface area (Å²) < 4.78 is 16.3. The van der Waals surface area contributed by atoms with E-state index in [2.05, 4.69) is 19.2 Å². The zero-order chi connectivity index (χ0) is 17.7. The molecule has 0 aromatic heterocycles. The molecule has 1 N–H and O–H groups in total. The SMILES string of the molecule is CCNCc1cc(OC)c2c(c1OC)CC(CC)N(C(=O)OC)C2. The molecule has 1 heterocycles. The highest BCUT2D eigenvalue weighted by atomic mass is 16.5. The number of amides is 1. The third kappa shape index (κ3) is 3.43. The monoisotopic (exact) mass is 336 g/mol. The summed E-state index contributed by atoms with van der Waals surface area (Å²) in [6.45, 7) is 6.24. The smallest absolute Gasteiger partial charge is 0.410 e. The number of fused-ring (bicyclic) bond motifs is 1. The van der Waals surface area contributed by atoms with Gasteiger partial charge in [0, 0.05) is 29.3 Å². The number of carbonyl (C=O) groups is 1. The van der Waals surface area contributed by atoms with Crippen LogP contribution in [0.5, 0.6) is 11.5 Å². The highest BCUT2D eigenvalue weighted by Gasteiger charge is 2.34. The van der Waals surface area contributed by atoms with Crippen molar-refractivity contribution >= 4 is 6.09 Å². The Kier molecular flexibility index (Phi) is 6.31. The molecule has 0 aliphatic carbocycles. The molecular weight excluding hydrogens is 308 g/mol. The van der Waals surface area contributed by atoms with Crippen LogP contribution >= 0.6 is 0 Å². The van der Waals surface area contributed by atoms with Crippen molar-refractivity contribution in [3.8, 4) is 11.5 Å². The maximum Gasteiger partial charge on any atom is 0.410 e. The summed E-state index contributed by atoms with van der Waals surface area (Å²) in [5.41, 5.74) is 3.22. The van der Waals surface area contributed by atoms with Gasteiger partial charge in [-0.15, -0.1) is 0 Å².